The van der Waals surface area contributed by atoms with E-state index in [1.807, 2.05) is 45.0 Å². The van der Waals surface area contributed by atoms with Gasteiger partial charge in [-0.3, -0.25) is 9.59 Å². The van der Waals surface area contributed by atoms with E-state index in [4.69, 9.17) is 4.74 Å². The smallest absolute Gasteiger partial charge is 0.312 e. The Kier molecular flexibility index (Phi) is 3.62. The average molecular weight is 317 g/mol. The maximum absolute atomic E-state index is 12.6. The minimum absolute atomic E-state index is 0.000478. The van der Waals surface area contributed by atoms with E-state index in [9.17, 15) is 14.7 Å². The second-order valence-corrected chi connectivity index (χ2v) is 7.69. The Bertz CT molecular complexity index is 649. The lowest BCUT2D eigenvalue weighted by molar-refractivity contribution is -0.151. The summed E-state index contributed by atoms with van der Waals surface area (Å²) in [5.74, 6) is -0.276. The summed E-state index contributed by atoms with van der Waals surface area (Å²) in [5, 5.41) is 9.96. The van der Waals surface area contributed by atoms with Gasteiger partial charge < -0.3 is 14.7 Å². The van der Waals surface area contributed by atoms with Crippen LogP contribution in [0.2, 0.25) is 0 Å². The zero-order valence-electron chi connectivity index (χ0n) is 13.8. The van der Waals surface area contributed by atoms with E-state index < -0.39 is 16.8 Å². The van der Waals surface area contributed by atoms with Gasteiger partial charge in [0.05, 0.1) is 12.0 Å². The van der Waals surface area contributed by atoms with Gasteiger partial charge in [0.1, 0.15) is 5.75 Å². The molecule has 0 unspecified atom stereocenters. The normalized spacial score (nSPS) is 26.7. The predicted octanol–water partition coefficient (Wildman–Crippen LogP) is 2.20. The van der Waals surface area contributed by atoms with Gasteiger partial charge in [0, 0.05) is 24.4 Å². The number of carbonyl (C=O) groups excluding carboxylic acids is 1. The molecular formula is C18H23NO4. The lowest BCUT2D eigenvalue weighted by Gasteiger charge is -2.29. The number of nitrogens with zero attached hydrogens (tertiary/aromatic N) is 1. The first kappa shape index (κ1) is 15.8. The van der Waals surface area contributed by atoms with Gasteiger partial charge in [-0.1, -0.05) is 39.0 Å². The second-order valence-electron chi connectivity index (χ2n) is 7.69. The van der Waals surface area contributed by atoms with Crippen molar-refractivity contribution in [3.63, 3.8) is 0 Å². The van der Waals surface area contributed by atoms with Gasteiger partial charge >= 0.3 is 5.97 Å². The van der Waals surface area contributed by atoms with E-state index in [-0.39, 0.29) is 18.4 Å². The Balaban J connectivity index is 1.96. The molecule has 1 fully saturated rings. The number of carboxylic acids is 1. The van der Waals surface area contributed by atoms with E-state index in [2.05, 4.69) is 0 Å². The summed E-state index contributed by atoms with van der Waals surface area (Å²) in [5.41, 5.74) is -0.572. The number of amides is 1. The number of aliphatic carboxylic acids is 1. The number of hydrogen-bond acceptors (Lipinski definition) is 3. The zero-order valence-corrected chi connectivity index (χ0v) is 13.8. The van der Waals surface area contributed by atoms with E-state index >= 15 is 0 Å². The van der Waals surface area contributed by atoms with Crippen LogP contribution < -0.4 is 4.74 Å². The monoisotopic (exact) mass is 317 g/mol. The molecule has 2 atom stereocenters. The van der Waals surface area contributed by atoms with Crippen LogP contribution in [0.25, 0.3) is 0 Å². The number of benzene rings is 1. The summed E-state index contributed by atoms with van der Waals surface area (Å²) < 4.78 is 5.85. The number of fused-ring (bicyclic) bond motifs is 2. The second kappa shape index (κ2) is 5.25. The molecule has 1 aromatic carbocycles. The lowest BCUT2D eigenvalue weighted by Crippen LogP contribution is -2.43. The van der Waals surface area contributed by atoms with Gasteiger partial charge in [-0.2, -0.15) is 0 Å². The fourth-order valence-corrected chi connectivity index (χ4v) is 3.66. The highest BCUT2D eigenvalue weighted by atomic mass is 16.5. The van der Waals surface area contributed by atoms with Crippen LogP contribution in [0.15, 0.2) is 24.3 Å². The van der Waals surface area contributed by atoms with Crippen LogP contribution in [-0.4, -0.2) is 41.6 Å². The van der Waals surface area contributed by atoms with Crippen LogP contribution in [0.3, 0.4) is 0 Å². The first-order valence-corrected chi connectivity index (χ1v) is 7.97. The minimum Gasteiger partial charge on any atom is -0.493 e. The molecule has 5 nitrogen and oxygen atoms in total. The highest BCUT2D eigenvalue weighted by molar-refractivity contribution is 5.84. The number of carboxylic acid groups (broad SMARTS) is 1. The van der Waals surface area contributed by atoms with E-state index in [0.29, 0.717) is 19.6 Å². The van der Waals surface area contributed by atoms with Crippen molar-refractivity contribution in [2.24, 2.45) is 16.7 Å². The molecule has 1 amide bonds. The highest BCUT2D eigenvalue weighted by Gasteiger charge is 2.55. The molecule has 5 heteroatoms. The summed E-state index contributed by atoms with van der Waals surface area (Å²) >= 11 is 0. The van der Waals surface area contributed by atoms with Crippen molar-refractivity contribution in [2.75, 3.05) is 19.7 Å². The molecule has 0 radical (unpaired) electrons. The van der Waals surface area contributed by atoms with E-state index in [1.54, 1.807) is 4.90 Å². The molecular weight excluding hydrogens is 294 g/mol. The predicted molar refractivity (Wildman–Crippen MR) is 85.2 cm³/mol. The number of hydrogen-bond donors (Lipinski definition) is 1. The van der Waals surface area contributed by atoms with Gasteiger partial charge in [-0.15, -0.1) is 0 Å². The quantitative estimate of drug-likeness (QED) is 0.862. The largest absolute Gasteiger partial charge is 0.493 e. The number of ether oxygens (including phenoxy) is 1. The Morgan fingerprint density at radius 2 is 2.00 bits per heavy atom. The summed E-state index contributed by atoms with van der Waals surface area (Å²) in [6.07, 6.45) is 0.400. The molecule has 2 aliphatic rings. The summed E-state index contributed by atoms with van der Waals surface area (Å²) in [7, 11) is 0. The van der Waals surface area contributed by atoms with Crippen LogP contribution in [0, 0.1) is 16.7 Å². The average Bonchev–Trinajstić information content (AvgIpc) is 2.77. The molecule has 1 saturated heterocycles. The third-order valence-electron chi connectivity index (χ3n) is 4.97. The Labute approximate surface area is 136 Å². The molecule has 124 valence electrons. The lowest BCUT2D eigenvalue weighted by atomic mass is 9.74. The van der Waals surface area contributed by atoms with Crippen molar-refractivity contribution >= 4 is 11.9 Å². The zero-order chi connectivity index (χ0) is 16.8. The number of rotatable bonds is 1. The van der Waals surface area contributed by atoms with Crippen LogP contribution in [0.1, 0.15) is 26.3 Å². The maximum Gasteiger partial charge on any atom is 0.312 e. The Morgan fingerprint density at radius 1 is 1.30 bits per heavy atom. The van der Waals surface area contributed by atoms with Crippen molar-refractivity contribution < 1.29 is 19.4 Å². The molecule has 23 heavy (non-hydrogen) atoms. The van der Waals surface area contributed by atoms with E-state index in [1.165, 1.54) is 0 Å². The first-order chi connectivity index (χ1) is 10.7. The fourth-order valence-electron chi connectivity index (χ4n) is 3.66. The molecule has 0 spiro atoms. The van der Waals surface area contributed by atoms with Gasteiger partial charge in [-0.05, 0) is 18.1 Å². The first-order valence-electron chi connectivity index (χ1n) is 7.97. The van der Waals surface area contributed by atoms with Gasteiger partial charge in [-0.25, -0.2) is 0 Å². The topological polar surface area (TPSA) is 66.8 Å². The van der Waals surface area contributed by atoms with Crippen LogP contribution in [0.4, 0.5) is 0 Å². The van der Waals surface area contributed by atoms with Crippen molar-refractivity contribution in [3.8, 4) is 5.75 Å². The SMILES string of the molecule is CC(C)(C)C(=O)N1C[C@@H]2COc3ccccc3C[C@]2(C(=O)O)C1. The molecule has 0 bridgehead atoms. The minimum atomic E-state index is -0.965. The third-order valence-corrected chi connectivity index (χ3v) is 4.97. The van der Waals surface area contributed by atoms with Gasteiger partial charge in [0.25, 0.3) is 0 Å². The highest BCUT2D eigenvalue weighted by Crippen LogP contribution is 2.44. The number of para-hydroxylation sites is 1. The van der Waals surface area contributed by atoms with Crippen LogP contribution >= 0.6 is 0 Å². The van der Waals surface area contributed by atoms with Crippen molar-refractivity contribution in [2.45, 2.75) is 27.2 Å². The molecule has 0 aromatic heterocycles. The van der Waals surface area contributed by atoms with Crippen LogP contribution in [0.5, 0.6) is 5.75 Å². The Morgan fingerprint density at radius 3 is 2.65 bits per heavy atom. The molecule has 2 heterocycles. The standard InChI is InChI=1S/C18H23NO4/c1-17(2,3)15(20)19-9-13-10-23-14-7-5-4-6-12(14)8-18(13,11-19)16(21)22/h4-7,13H,8-11H2,1-3H3,(H,21,22)/t13-,18+/m1/s1. The summed E-state index contributed by atoms with van der Waals surface area (Å²) in [6, 6.07) is 7.58. The van der Waals surface area contributed by atoms with Crippen molar-refractivity contribution in [1.29, 1.82) is 0 Å². The van der Waals surface area contributed by atoms with Gasteiger partial charge in [0.2, 0.25) is 5.91 Å². The number of likely N-dealkylation sites (tertiary alicyclic amines) is 1. The van der Waals surface area contributed by atoms with E-state index in [0.717, 1.165) is 11.3 Å². The molecule has 0 saturated carbocycles. The van der Waals surface area contributed by atoms with Crippen molar-refractivity contribution in [1.82, 2.24) is 4.90 Å². The van der Waals surface area contributed by atoms with Crippen LogP contribution in [-0.2, 0) is 16.0 Å². The number of carbonyl (C=O) groups is 2. The van der Waals surface area contributed by atoms with Gasteiger partial charge in [0.15, 0.2) is 0 Å². The molecule has 1 aromatic rings. The summed E-state index contributed by atoms with van der Waals surface area (Å²) in [4.78, 5) is 26.4. The molecule has 0 aliphatic carbocycles. The summed E-state index contributed by atoms with van der Waals surface area (Å²) in [6.45, 7) is 6.61. The fraction of sp³-hybridized carbons (Fsp3) is 0.556. The molecule has 1 N–H and O–H groups in total. The third kappa shape index (κ3) is 2.58. The molecule has 2 aliphatic heterocycles. The maximum atomic E-state index is 12.6. The molecule has 3 rings (SSSR count). The Hall–Kier alpha value is -2.04. The van der Waals surface area contributed by atoms with Crippen molar-refractivity contribution in [3.05, 3.63) is 29.8 Å².